The summed E-state index contributed by atoms with van der Waals surface area (Å²) in [5.41, 5.74) is 0.835. The quantitative estimate of drug-likeness (QED) is 0.690. The van der Waals surface area contributed by atoms with E-state index in [4.69, 9.17) is 0 Å². The van der Waals surface area contributed by atoms with E-state index in [1.54, 1.807) is 11.8 Å². The lowest BCUT2D eigenvalue weighted by molar-refractivity contribution is -0.126. The van der Waals surface area contributed by atoms with Crippen LogP contribution in [0.1, 0.15) is 33.6 Å². The number of nitrogens with zero attached hydrogens (tertiary/aromatic N) is 1. The SMILES string of the molecule is CC(C)C(=O)NC1CCN(C(C)C(=O)Nc2ccccc2Sc2ccccc2)CC1. The van der Waals surface area contributed by atoms with Crippen LogP contribution in [0.2, 0.25) is 0 Å². The van der Waals surface area contributed by atoms with E-state index >= 15 is 0 Å². The van der Waals surface area contributed by atoms with Gasteiger partial charge < -0.3 is 10.6 Å². The molecule has 3 rings (SSSR count). The summed E-state index contributed by atoms with van der Waals surface area (Å²) in [6.07, 6.45) is 1.74. The molecule has 0 radical (unpaired) electrons. The third-order valence-electron chi connectivity index (χ3n) is 5.44. The second-order valence-electron chi connectivity index (χ2n) is 8.05. The zero-order valence-corrected chi connectivity index (χ0v) is 18.7. The van der Waals surface area contributed by atoms with Gasteiger partial charge in [0.2, 0.25) is 11.8 Å². The average Bonchev–Trinajstić information content (AvgIpc) is 2.75. The molecular formula is C24H31N3O2S. The average molecular weight is 426 g/mol. The molecule has 1 atom stereocenters. The minimum absolute atomic E-state index is 0.000720. The lowest BCUT2D eigenvalue weighted by atomic mass is 10.0. The molecule has 2 aromatic carbocycles. The molecule has 1 unspecified atom stereocenters. The van der Waals surface area contributed by atoms with E-state index in [1.807, 2.05) is 63.2 Å². The van der Waals surface area contributed by atoms with Crippen molar-refractivity contribution in [1.82, 2.24) is 10.2 Å². The maximum Gasteiger partial charge on any atom is 0.241 e. The highest BCUT2D eigenvalue weighted by molar-refractivity contribution is 7.99. The number of benzene rings is 2. The van der Waals surface area contributed by atoms with Crippen LogP contribution in [-0.2, 0) is 9.59 Å². The minimum atomic E-state index is -0.221. The van der Waals surface area contributed by atoms with E-state index < -0.39 is 0 Å². The summed E-state index contributed by atoms with van der Waals surface area (Å²) in [6, 6.07) is 18.0. The van der Waals surface area contributed by atoms with Crippen LogP contribution in [0.3, 0.4) is 0 Å². The fourth-order valence-electron chi connectivity index (χ4n) is 3.48. The van der Waals surface area contributed by atoms with Crippen molar-refractivity contribution in [3.63, 3.8) is 0 Å². The largest absolute Gasteiger partial charge is 0.353 e. The fraction of sp³-hybridized carbons (Fsp3) is 0.417. The Morgan fingerprint density at radius 1 is 0.933 bits per heavy atom. The molecule has 5 nitrogen and oxygen atoms in total. The number of para-hydroxylation sites is 1. The zero-order valence-electron chi connectivity index (χ0n) is 17.9. The lowest BCUT2D eigenvalue weighted by Gasteiger charge is -2.35. The first-order chi connectivity index (χ1) is 14.4. The molecule has 1 saturated heterocycles. The zero-order chi connectivity index (χ0) is 21.5. The molecule has 1 fully saturated rings. The van der Waals surface area contributed by atoms with Gasteiger partial charge in [0.1, 0.15) is 0 Å². The summed E-state index contributed by atoms with van der Waals surface area (Å²) in [6.45, 7) is 7.38. The van der Waals surface area contributed by atoms with Crippen molar-refractivity contribution in [1.29, 1.82) is 0 Å². The van der Waals surface area contributed by atoms with Crippen LogP contribution in [0, 0.1) is 5.92 Å². The van der Waals surface area contributed by atoms with Gasteiger partial charge in [0.25, 0.3) is 0 Å². The topological polar surface area (TPSA) is 61.4 Å². The number of likely N-dealkylation sites (tertiary alicyclic amines) is 1. The van der Waals surface area contributed by atoms with E-state index in [-0.39, 0.29) is 29.8 Å². The molecule has 1 aliphatic heterocycles. The molecule has 1 heterocycles. The van der Waals surface area contributed by atoms with Crippen LogP contribution < -0.4 is 10.6 Å². The Bertz CT molecular complexity index is 849. The van der Waals surface area contributed by atoms with Crippen molar-refractivity contribution in [2.75, 3.05) is 18.4 Å². The minimum Gasteiger partial charge on any atom is -0.353 e. The summed E-state index contributed by atoms with van der Waals surface area (Å²) in [5.74, 6) is 0.106. The van der Waals surface area contributed by atoms with Crippen molar-refractivity contribution in [2.24, 2.45) is 5.92 Å². The molecule has 1 aliphatic rings. The molecule has 0 spiro atoms. The number of anilines is 1. The molecule has 0 aromatic heterocycles. The Morgan fingerprint density at radius 2 is 1.57 bits per heavy atom. The summed E-state index contributed by atoms with van der Waals surface area (Å²) in [7, 11) is 0. The number of piperidine rings is 1. The number of amides is 2. The van der Waals surface area contributed by atoms with Crippen molar-refractivity contribution >= 4 is 29.3 Å². The molecule has 2 N–H and O–H groups in total. The Balaban J connectivity index is 1.56. The molecule has 30 heavy (non-hydrogen) atoms. The third kappa shape index (κ3) is 6.09. The van der Waals surface area contributed by atoms with Gasteiger partial charge in [0.05, 0.1) is 11.7 Å². The molecule has 6 heteroatoms. The van der Waals surface area contributed by atoms with Gasteiger partial charge in [0.15, 0.2) is 0 Å². The number of carbonyl (C=O) groups is 2. The Labute approximate surface area is 183 Å². The van der Waals surface area contributed by atoms with Crippen LogP contribution in [0.5, 0.6) is 0 Å². The first-order valence-electron chi connectivity index (χ1n) is 10.6. The highest BCUT2D eigenvalue weighted by Gasteiger charge is 2.28. The maximum atomic E-state index is 12.9. The Kier molecular flexibility index (Phi) is 7.94. The van der Waals surface area contributed by atoms with E-state index in [9.17, 15) is 9.59 Å². The van der Waals surface area contributed by atoms with Crippen molar-refractivity contribution in [3.8, 4) is 0 Å². The Morgan fingerprint density at radius 3 is 2.23 bits per heavy atom. The predicted molar refractivity (Wildman–Crippen MR) is 123 cm³/mol. The molecule has 160 valence electrons. The highest BCUT2D eigenvalue weighted by Crippen LogP contribution is 2.33. The van der Waals surface area contributed by atoms with Crippen LogP contribution in [0.4, 0.5) is 5.69 Å². The van der Waals surface area contributed by atoms with Crippen molar-refractivity contribution < 1.29 is 9.59 Å². The highest BCUT2D eigenvalue weighted by atomic mass is 32.2. The molecule has 0 saturated carbocycles. The predicted octanol–water partition coefficient (Wildman–Crippen LogP) is 4.40. The van der Waals surface area contributed by atoms with Gasteiger partial charge in [-0.1, -0.05) is 55.9 Å². The van der Waals surface area contributed by atoms with Crippen LogP contribution in [0.15, 0.2) is 64.4 Å². The molecule has 2 aromatic rings. The van der Waals surface area contributed by atoms with Gasteiger partial charge >= 0.3 is 0 Å². The standard InChI is InChI=1S/C24H31N3O2S/c1-17(2)23(28)25-19-13-15-27(16-14-19)18(3)24(29)26-21-11-7-8-12-22(21)30-20-9-5-4-6-10-20/h4-12,17-19H,13-16H2,1-3H3,(H,25,28)(H,26,29). The van der Waals surface area contributed by atoms with E-state index in [0.717, 1.165) is 41.4 Å². The fourth-order valence-corrected chi connectivity index (χ4v) is 4.40. The molecule has 2 amide bonds. The van der Waals surface area contributed by atoms with E-state index in [0.29, 0.717) is 0 Å². The van der Waals surface area contributed by atoms with Crippen LogP contribution in [0.25, 0.3) is 0 Å². The van der Waals surface area contributed by atoms with Crippen molar-refractivity contribution in [3.05, 3.63) is 54.6 Å². The first-order valence-corrected chi connectivity index (χ1v) is 11.4. The molecular weight excluding hydrogens is 394 g/mol. The van der Waals surface area contributed by atoms with Crippen molar-refractivity contribution in [2.45, 2.75) is 55.5 Å². The van der Waals surface area contributed by atoms with Gasteiger partial charge in [-0.05, 0) is 44.0 Å². The number of hydrogen-bond acceptors (Lipinski definition) is 4. The van der Waals surface area contributed by atoms with E-state index in [2.05, 4.69) is 27.7 Å². The van der Waals surface area contributed by atoms with Gasteiger partial charge in [-0.2, -0.15) is 0 Å². The number of rotatable bonds is 7. The second kappa shape index (κ2) is 10.6. The summed E-state index contributed by atoms with van der Waals surface area (Å²) < 4.78 is 0. The smallest absolute Gasteiger partial charge is 0.241 e. The monoisotopic (exact) mass is 425 g/mol. The van der Waals surface area contributed by atoms with Gasteiger partial charge in [0, 0.05) is 34.8 Å². The molecule has 0 aliphatic carbocycles. The third-order valence-corrected chi connectivity index (χ3v) is 6.53. The van der Waals surface area contributed by atoms with Gasteiger partial charge in [-0.3, -0.25) is 14.5 Å². The summed E-state index contributed by atoms with van der Waals surface area (Å²) in [5, 5.41) is 6.22. The number of nitrogens with one attached hydrogen (secondary N) is 2. The van der Waals surface area contributed by atoms with Gasteiger partial charge in [-0.25, -0.2) is 0 Å². The van der Waals surface area contributed by atoms with Crippen LogP contribution >= 0.6 is 11.8 Å². The number of carbonyl (C=O) groups excluding carboxylic acids is 2. The Hall–Kier alpha value is -2.31. The van der Waals surface area contributed by atoms with Crippen LogP contribution in [-0.4, -0.2) is 41.9 Å². The number of hydrogen-bond donors (Lipinski definition) is 2. The van der Waals surface area contributed by atoms with E-state index in [1.165, 1.54) is 0 Å². The first kappa shape index (κ1) is 22.4. The lowest BCUT2D eigenvalue weighted by Crippen LogP contribution is -2.50. The second-order valence-corrected chi connectivity index (χ2v) is 9.17. The summed E-state index contributed by atoms with van der Waals surface area (Å²) >= 11 is 1.64. The van der Waals surface area contributed by atoms with Gasteiger partial charge in [-0.15, -0.1) is 0 Å². The molecule has 0 bridgehead atoms. The summed E-state index contributed by atoms with van der Waals surface area (Å²) in [4.78, 5) is 29.2. The maximum absolute atomic E-state index is 12.9. The normalized spacial score (nSPS) is 16.3.